The van der Waals surface area contributed by atoms with E-state index in [2.05, 4.69) is 17.4 Å². The second-order valence-electron chi connectivity index (χ2n) is 6.44. The normalized spacial score (nSPS) is 12.8. The minimum absolute atomic E-state index is 0.0889. The number of benzene rings is 3. The molecule has 0 aromatic heterocycles. The van der Waals surface area contributed by atoms with E-state index >= 15 is 0 Å². The lowest BCUT2D eigenvalue weighted by atomic mass is 10.0. The number of carbonyl (C=O) groups excluding carboxylic acids is 1. The molecule has 1 aliphatic rings. The molecule has 3 aromatic carbocycles. The Kier molecular flexibility index (Phi) is 4.59. The molecule has 3 heteroatoms. The van der Waals surface area contributed by atoms with E-state index in [0.717, 1.165) is 34.7 Å². The second kappa shape index (κ2) is 7.19. The molecule has 1 aliphatic carbocycles. The number of nitrogens with one attached hydrogen (secondary N) is 1. The fourth-order valence-corrected chi connectivity index (χ4v) is 3.58. The molecule has 0 spiro atoms. The van der Waals surface area contributed by atoms with Crippen LogP contribution < -0.4 is 5.32 Å². The van der Waals surface area contributed by atoms with Crippen LogP contribution in [0, 0.1) is 0 Å². The molecule has 0 fully saturated rings. The highest BCUT2D eigenvalue weighted by atomic mass is 35.5. The number of hydrogen-bond acceptors (Lipinski definition) is 1. The van der Waals surface area contributed by atoms with E-state index in [1.165, 1.54) is 11.1 Å². The minimum Gasteiger partial charge on any atom is -0.321 e. The van der Waals surface area contributed by atoms with Crippen molar-refractivity contribution < 1.29 is 4.79 Å². The standard InChI is InChI=1S/C23H18ClNO/c24-20-11-12-21-18(15-20)14-19(13-16-7-3-1-4-8-16)22(21)25-23(26)17-9-5-2-6-10-17/h1-12,15H,13-14H2,(H,25,26). The summed E-state index contributed by atoms with van der Waals surface area (Å²) in [6, 6.07) is 25.5. The monoisotopic (exact) mass is 359 g/mol. The maximum absolute atomic E-state index is 12.7. The molecule has 0 bridgehead atoms. The zero-order valence-corrected chi connectivity index (χ0v) is 15.0. The summed E-state index contributed by atoms with van der Waals surface area (Å²) in [6.07, 6.45) is 1.60. The van der Waals surface area contributed by atoms with E-state index in [-0.39, 0.29) is 5.91 Å². The van der Waals surface area contributed by atoms with Gasteiger partial charge in [0.05, 0.1) is 0 Å². The van der Waals surface area contributed by atoms with E-state index in [4.69, 9.17) is 11.6 Å². The van der Waals surface area contributed by atoms with Gasteiger partial charge in [0.25, 0.3) is 5.91 Å². The Morgan fingerprint density at radius 2 is 1.62 bits per heavy atom. The highest BCUT2D eigenvalue weighted by Gasteiger charge is 2.23. The third-order valence-corrected chi connectivity index (χ3v) is 4.86. The van der Waals surface area contributed by atoms with E-state index in [9.17, 15) is 4.79 Å². The van der Waals surface area contributed by atoms with Crippen molar-refractivity contribution in [3.05, 3.63) is 112 Å². The van der Waals surface area contributed by atoms with Crippen molar-refractivity contribution in [2.45, 2.75) is 12.8 Å². The average molecular weight is 360 g/mol. The Balaban J connectivity index is 1.69. The highest BCUT2D eigenvalue weighted by Crippen LogP contribution is 2.34. The smallest absolute Gasteiger partial charge is 0.255 e. The van der Waals surface area contributed by atoms with Crippen LogP contribution in [0.3, 0.4) is 0 Å². The second-order valence-corrected chi connectivity index (χ2v) is 6.88. The van der Waals surface area contributed by atoms with Crippen molar-refractivity contribution in [3.8, 4) is 0 Å². The number of amides is 1. The molecule has 0 aliphatic heterocycles. The van der Waals surface area contributed by atoms with Gasteiger partial charge in [0.1, 0.15) is 0 Å². The zero-order valence-electron chi connectivity index (χ0n) is 14.2. The van der Waals surface area contributed by atoms with Gasteiger partial charge in [0, 0.05) is 21.8 Å². The molecule has 1 amide bonds. The molecule has 1 N–H and O–H groups in total. The average Bonchev–Trinajstić information content (AvgIpc) is 2.99. The van der Waals surface area contributed by atoms with Gasteiger partial charge in [-0.1, -0.05) is 66.2 Å². The van der Waals surface area contributed by atoms with Crippen molar-refractivity contribution >= 4 is 23.2 Å². The van der Waals surface area contributed by atoms with E-state index in [1.54, 1.807) is 0 Å². The van der Waals surface area contributed by atoms with Crippen LogP contribution in [-0.2, 0) is 12.8 Å². The third-order valence-electron chi connectivity index (χ3n) is 4.63. The topological polar surface area (TPSA) is 29.1 Å². The molecule has 0 radical (unpaired) electrons. The lowest BCUT2D eigenvalue weighted by Gasteiger charge is -2.11. The third kappa shape index (κ3) is 3.42. The number of allylic oxidation sites excluding steroid dienone is 1. The van der Waals surface area contributed by atoms with Crippen LogP contribution in [0.4, 0.5) is 0 Å². The number of hydrogen-bond donors (Lipinski definition) is 1. The van der Waals surface area contributed by atoms with Gasteiger partial charge in [0.2, 0.25) is 0 Å². The Labute approximate surface area is 158 Å². The van der Waals surface area contributed by atoms with Crippen LogP contribution in [0.25, 0.3) is 5.70 Å². The van der Waals surface area contributed by atoms with Crippen LogP contribution in [0.1, 0.15) is 27.0 Å². The Morgan fingerprint density at radius 3 is 2.35 bits per heavy atom. The predicted octanol–water partition coefficient (Wildman–Crippen LogP) is 5.28. The van der Waals surface area contributed by atoms with Crippen LogP contribution >= 0.6 is 11.6 Å². The maximum atomic E-state index is 12.7. The Bertz CT molecular complexity index is 978. The van der Waals surface area contributed by atoms with Gasteiger partial charge in [-0.15, -0.1) is 0 Å². The lowest BCUT2D eigenvalue weighted by Crippen LogP contribution is -2.22. The van der Waals surface area contributed by atoms with Crippen LogP contribution in [0.2, 0.25) is 5.02 Å². The predicted molar refractivity (Wildman–Crippen MR) is 106 cm³/mol. The minimum atomic E-state index is -0.0889. The fraction of sp³-hybridized carbons (Fsp3) is 0.0870. The Hall–Kier alpha value is -2.84. The summed E-state index contributed by atoms with van der Waals surface area (Å²) in [6.45, 7) is 0. The summed E-state index contributed by atoms with van der Waals surface area (Å²) >= 11 is 6.17. The molecular weight excluding hydrogens is 342 g/mol. The molecular formula is C23H18ClNO. The van der Waals surface area contributed by atoms with E-state index in [1.807, 2.05) is 66.7 Å². The first-order valence-electron chi connectivity index (χ1n) is 8.62. The molecule has 128 valence electrons. The molecule has 0 saturated carbocycles. The van der Waals surface area contributed by atoms with Crippen molar-refractivity contribution in [1.82, 2.24) is 5.32 Å². The van der Waals surface area contributed by atoms with Gasteiger partial charge in [-0.2, -0.15) is 0 Å². The summed E-state index contributed by atoms with van der Waals surface area (Å²) < 4.78 is 0. The fourth-order valence-electron chi connectivity index (χ4n) is 3.39. The first-order chi connectivity index (χ1) is 12.7. The van der Waals surface area contributed by atoms with Crippen molar-refractivity contribution in [2.24, 2.45) is 0 Å². The van der Waals surface area contributed by atoms with E-state index < -0.39 is 0 Å². The zero-order chi connectivity index (χ0) is 17.9. The van der Waals surface area contributed by atoms with Gasteiger partial charge >= 0.3 is 0 Å². The van der Waals surface area contributed by atoms with Crippen molar-refractivity contribution in [1.29, 1.82) is 0 Å². The van der Waals surface area contributed by atoms with Crippen LogP contribution in [0.5, 0.6) is 0 Å². The molecule has 0 heterocycles. The first-order valence-corrected chi connectivity index (χ1v) is 8.99. The van der Waals surface area contributed by atoms with Gasteiger partial charge in [-0.25, -0.2) is 0 Å². The summed E-state index contributed by atoms with van der Waals surface area (Å²) in [7, 11) is 0. The quantitative estimate of drug-likeness (QED) is 0.674. The SMILES string of the molecule is O=C(NC1=C(Cc2ccccc2)Cc2cc(Cl)ccc21)c1ccccc1. The van der Waals surface area contributed by atoms with Crippen LogP contribution in [-0.4, -0.2) is 5.91 Å². The first kappa shape index (κ1) is 16.6. The number of fused-ring (bicyclic) bond motifs is 1. The van der Waals surface area contributed by atoms with Gasteiger partial charge in [-0.3, -0.25) is 4.79 Å². The molecule has 2 nitrogen and oxygen atoms in total. The largest absolute Gasteiger partial charge is 0.321 e. The molecule has 0 atom stereocenters. The molecule has 3 aromatic rings. The van der Waals surface area contributed by atoms with E-state index in [0.29, 0.717) is 5.56 Å². The van der Waals surface area contributed by atoms with Crippen molar-refractivity contribution in [3.63, 3.8) is 0 Å². The molecule has 0 unspecified atom stereocenters. The van der Waals surface area contributed by atoms with Crippen molar-refractivity contribution in [2.75, 3.05) is 0 Å². The maximum Gasteiger partial charge on any atom is 0.255 e. The Morgan fingerprint density at radius 1 is 0.923 bits per heavy atom. The summed E-state index contributed by atoms with van der Waals surface area (Å²) in [5.74, 6) is -0.0889. The van der Waals surface area contributed by atoms with Gasteiger partial charge in [-0.05, 0) is 53.8 Å². The van der Waals surface area contributed by atoms with Gasteiger partial charge < -0.3 is 5.32 Å². The molecule has 4 rings (SSSR count). The summed E-state index contributed by atoms with van der Waals surface area (Å²) in [5, 5.41) is 3.86. The van der Waals surface area contributed by atoms with Gasteiger partial charge in [0.15, 0.2) is 0 Å². The number of halogens is 1. The van der Waals surface area contributed by atoms with Crippen LogP contribution in [0.15, 0.2) is 84.4 Å². The molecule has 0 saturated heterocycles. The summed E-state index contributed by atoms with van der Waals surface area (Å²) in [5.41, 5.74) is 6.22. The lowest BCUT2D eigenvalue weighted by molar-refractivity contribution is 0.0973. The number of rotatable bonds is 4. The number of carbonyl (C=O) groups is 1. The summed E-state index contributed by atoms with van der Waals surface area (Å²) in [4.78, 5) is 12.7. The molecule has 26 heavy (non-hydrogen) atoms. The highest BCUT2D eigenvalue weighted by molar-refractivity contribution is 6.30.